The Morgan fingerprint density at radius 2 is 1.40 bits per heavy atom. The van der Waals surface area contributed by atoms with Crippen LogP contribution in [0.3, 0.4) is 0 Å². The first-order valence-electron chi connectivity index (χ1n) is 9.53. The van der Waals surface area contributed by atoms with Gasteiger partial charge in [0.2, 0.25) is 5.91 Å². The summed E-state index contributed by atoms with van der Waals surface area (Å²) in [5.74, 6) is -1.59. The molecular weight excluding hydrogens is 392 g/mol. The fourth-order valence-corrected chi connectivity index (χ4v) is 2.41. The van der Waals surface area contributed by atoms with Gasteiger partial charge in [0.15, 0.2) is 0 Å². The largest absolute Gasteiger partial charge is 0.464 e. The van der Waals surface area contributed by atoms with E-state index in [0.29, 0.717) is 0 Å². The van der Waals surface area contributed by atoms with Crippen LogP contribution in [0.15, 0.2) is 30.3 Å². The molecule has 1 aromatic carbocycles. The minimum Gasteiger partial charge on any atom is -0.464 e. The highest BCUT2D eigenvalue weighted by Crippen LogP contribution is 2.20. The topological polar surface area (TPSA) is 120 Å². The van der Waals surface area contributed by atoms with E-state index in [2.05, 4.69) is 10.6 Å². The molecule has 0 aliphatic rings. The highest BCUT2D eigenvalue weighted by Gasteiger charge is 2.34. The van der Waals surface area contributed by atoms with Gasteiger partial charge in [-0.05, 0) is 11.0 Å². The highest BCUT2D eigenvalue weighted by atomic mass is 16.6. The van der Waals surface area contributed by atoms with Crippen LogP contribution in [-0.4, -0.2) is 49.2 Å². The lowest BCUT2D eigenvalue weighted by Crippen LogP contribution is -2.57. The Morgan fingerprint density at radius 3 is 1.87 bits per heavy atom. The third-order valence-electron chi connectivity index (χ3n) is 3.93. The van der Waals surface area contributed by atoms with Crippen molar-refractivity contribution in [1.82, 2.24) is 10.6 Å². The number of nitrogens with one attached hydrogen (secondary N) is 2. The molecule has 1 rings (SSSR count). The van der Waals surface area contributed by atoms with Gasteiger partial charge < -0.3 is 24.8 Å². The van der Waals surface area contributed by atoms with Crippen LogP contribution in [0.2, 0.25) is 0 Å². The molecule has 0 aliphatic carbocycles. The summed E-state index contributed by atoms with van der Waals surface area (Å²) < 4.78 is 15.0. The number of carbonyl (C=O) groups excluding carboxylic acids is 4. The Labute approximate surface area is 176 Å². The van der Waals surface area contributed by atoms with E-state index >= 15 is 0 Å². The minimum atomic E-state index is -0.946. The Balaban J connectivity index is 2.76. The first-order valence-corrected chi connectivity index (χ1v) is 9.53. The number of benzene rings is 1. The monoisotopic (exact) mass is 422 g/mol. The zero-order chi connectivity index (χ0) is 22.7. The van der Waals surface area contributed by atoms with Crippen molar-refractivity contribution in [3.05, 3.63) is 35.9 Å². The molecule has 0 aliphatic heterocycles. The van der Waals surface area contributed by atoms with Crippen molar-refractivity contribution in [2.45, 2.75) is 53.3 Å². The van der Waals surface area contributed by atoms with E-state index in [1.807, 2.05) is 30.3 Å². The van der Waals surface area contributed by atoms with Gasteiger partial charge in [-0.1, -0.05) is 51.1 Å². The third-order valence-corrected chi connectivity index (χ3v) is 3.93. The van der Waals surface area contributed by atoms with Crippen molar-refractivity contribution in [1.29, 1.82) is 0 Å². The predicted molar refractivity (Wildman–Crippen MR) is 108 cm³/mol. The number of hydrogen-bond donors (Lipinski definition) is 2. The molecule has 1 aromatic rings. The Morgan fingerprint density at radius 1 is 0.867 bits per heavy atom. The van der Waals surface area contributed by atoms with Crippen LogP contribution in [0.4, 0.5) is 4.79 Å². The molecule has 0 unspecified atom stereocenters. The number of hydrogen-bond acceptors (Lipinski definition) is 7. The Hall–Kier alpha value is -3.10. The summed E-state index contributed by atoms with van der Waals surface area (Å²) in [6.45, 7) is 7.51. The summed E-state index contributed by atoms with van der Waals surface area (Å²) in [4.78, 5) is 47.2. The zero-order valence-corrected chi connectivity index (χ0v) is 18.0. The van der Waals surface area contributed by atoms with Crippen molar-refractivity contribution in [3.8, 4) is 0 Å². The lowest BCUT2D eigenvalue weighted by atomic mass is 9.86. The van der Waals surface area contributed by atoms with E-state index < -0.39 is 41.4 Å². The molecule has 2 amide bonds. The Kier molecular flexibility index (Phi) is 9.80. The molecule has 0 radical (unpaired) electrons. The van der Waals surface area contributed by atoms with Crippen molar-refractivity contribution >= 4 is 23.9 Å². The van der Waals surface area contributed by atoms with E-state index in [1.165, 1.54) is 13.8 Å². The molecule has 0 saturated heterocycles. The molecule has 30 heavy (non-hydrogen) atoms. The van der Waals surface area contributed by atoms with Crippen LogP contribution in [0, 0.1) is 5.41 Å². The first kappa shape index (κ1) is 24.9. The zero-order valence-electron chi connectivity index (χ0n) is 18.0. The predicted octanol–water partition coefficient (Wildman–Crippen LogP) is 1.94. The summed E-state index contributed by atoms with van der Waals surface area (Å²) in [7, 11) is 0. The van der Waals surface area contributed by atoms with Crippen molar-refractivity contribution < 1.29 is 33.4 Å². The maximum atomic E-state index is 12.8. The Bertz CT molecular complexity index is 711. The molecule has 0 fully saturated rings. The van der Waals surface area contributed by atoms with Crippen LogP contribution in [-0.2, 0) is 35.2 Å². The van der Waals surface area contributed by atoms with Gasteiger partial charge in [-0.15, -0.1) is 0 Å². The highest BCUT2D eigenvalue weighted by molar-refractivity contribution is 5.86. The first-order chi connectivity index (χ1) is 14.0. The minimum absolute atomic E-state index is 0.0622. The number of alkyl carbamates (subject to hydrolysis) is 1. The number of esters is 2. The van der Waals surface area contributed by atoms with Crippen molar-refractivity contribution in [2.24, 2.45) is 5.41 Å². The van der Waals surface area contributed by atoms with Crippen molar-refractivity contribution in [3.63, 3.8) is 0 Å². The van der Waals surface area contributed by atoms with E-state index in [0.717, 1.165) is 5.56 Å². The molecule has 0 aromatic heterocycles. The van der Waals surface area contributed by atoms with Gasteiger partial charge in [0, 0.05) is 13.8 Å². The van der Waals surface area contributed by atoms with E-state index in [-0.39, 0.29) is 19.8 Å². The number of rotatable bonds is 9. The van der Waals surface area contributed by atoms with E-state index in [9.17, 15) is 19.2 Å². The molecule has 0 bridgehead atoms. The van der Waals surface area contributed by atoms with Gasteiger partial charge in [-0.25, -0.2) is 4.79 Å². The quantitative estimate of drug-likeness (QED) is 0.461. The summed E-state index contributed by atoms with van der Waals surface area (Å²) in [5, 5.41) is 5.22. The van der Waals surface area contributed by atoms with Gasteiger partial charge in [-0.2, -0.15) is 0 Å². The van der Waals surface area contributed by atoms with Crippen LogP contribution < -0.4 is 10.6 Å². The molecular formula is C21H30N2O7. The van der Waals surface area contributed by atoms with Crippen molar-refractivity contribution in [2.75, 3.05) is 13.2 Å². The summed E-state index contributed by atoms with van der Waals surface area (Å²) >= 11 is 0. The molecule has 9 heteroatoms. The van der Waals surface area contributed by atoms with Gasteiger partial charge in [0.25, 0.3) is 0 Å². The lowest BCUT2D eigenvalue weighted by Gasteiger charge is -2.31. The molecule has 1 atom stereocenters. The van der Waals surface area contributed by atoms with Gasteiger partial charge >= 0.3 is 18.0 Å². The average Bonchev–Trinajstić information content (AvgIpc) is 2.66. The molecule has 166 valence electrons. The SMILES string of the molecule is CC(=O)OCC(COC(C)=O)NC(=O)[C@@H](NC(=O)OCc1ccccc1)C(C)(C)C. The molecule has 2 N–H and O–H groups in total. The third kappa shape index (κ3) is 9.90. The smallest absolute Gasteiger partial charge is 0.408 e. The number of carbonyl (C=O) groups is 4. The second-order valence-corrected chi connectivity index (χ2v) is 7.82. The fraction of sp³-hybridized carbons (Fsp3) is 0.524. The molecule has 0 saturated carbocycles. The average molecular weight is 422 g/mol. The molecule has 9 nitrogen and oxygen atoms in total. The lowest BCUT2D eigenvalue weighted by molar-refractivity contribution is -0.146. The van der Waals surface area contributed by atoms with Gasteiger partial charge in [-0.3, -0.25) is 14.4 Å². The van der Waals surface area contributed by atoms with Crippen LogP contribution >= 0.6 is 0 Å². The molecule has 0 spiro atoms. The second-order valence-electron chi connectivity index (χ2n) is 7.82. The maximum absolute atomic E-state index is 12.8. The summed E-state index contributed by atoms with van der Waals surface area (Å²) in [6, 6.07) is 7.43. The number of amides is 2. The summed E-state index contributed by atoms with van der Waals surface area (Å²) in [5.41, 5.74) is 0.163. The second kappa shape index (κ2) is 11.8. The standard InChI is InChI=1S/C21H30N2O7/c1-14(24)28-12-17(13-29-15(2)25)22-19(26)18(21(3,4)5)23-20(27)30-11-16-9-7-6-8-10-16/h6-10,17-18H,11-13H2,1-5H3,(H,22,26)(H,23,27)/t18-/m1/s1. The normalized spacial score (nSPS) is 11.9. The van der Waals surface area contributed by atoms with Crippen LogP contribution in [0.1, 0.15) is 40.2 Å². The van der Waals surface area contributed by atoms with Crippen LogP contribution in [0.25, 0.3) is 0 Å². The summed E-state index contributed by atoms with van der Waals surface area (Å²) in [6.07, 6.45) is -0.745. The van der Waals surface area contributed by atoms with Crippen LogP contribution in [0.5, 0.6) is 0 Å². The van der Waals surface area contributed by atoms with Gasteiger partial charge in [0.1, 0.15) is 25.9 Å². The van der Waals surface area contributed by atoms with Gasteiger partial charge in [0.05, 0.1) is 6.04 Å². The van der Waals surface area contributed by atoms with E-state index in [4.69, 9.17) is 14.2 Å². The molecule has 0 heterocycles. The maximum Gasteiger partial charge on any atom is 0.408 e. The van der Waals surface area contributed by atoms with E-state index in [1.54, 1.807) is 20.8 Å². The number of ether oxygens (including phenoxy) is 3. The fourth-order valence-electron chi connectivity index (χ4n) is 2.41.